The molecule has 21 heavy (non-hydrogen) atoms. The molecule has 0 N–H and O–H groups in total. The maximum absolute atomic E-state index is 11.9. The van der Waals surface area contributed by atoms with Crippen LogP contribution in [0, 0.1) is 0 Å². The highest BCUT2D eigenvalue weighted by atomic mass is 35.5. The van der Waals surface area contributed by atoms with Crippen molar-refractivity contribution in [1.29, 1.82) is 0 Å². The molecule has 0 aromatic heterocycles. The van der Waals surface area contributed by atoms with Gasteiger partial charge in [0.25, 0.3) is 0 Å². The first-order chi connectivity index (χ1) is 9.84. The van der Waals surface area contributed by atoms with Crippen molar-refractivity contribution in [2.24, 2.45) is 5.16 Å². The minimum Gasteiger partial charge on any atom is -0.312 e. The van der Waals surface area contributed by atoms with Gasteiger partial charge in [0.2, 0.25) is 0 Å². The Morgan fingerprint density at radius 1 is 1.33 bits per heavy atom. The van der Waals surface area contributed by atoms with Gasteiger partial charge in [-0.3, -0.25) is 4.79 Å². The SMILES string of the molecule is CC1=C/C(=N\OC(=O)c2ccccc2)C(Cl)C(C)(Cl)C1=O. The maximum atomic E-state index is 11.9. The molecule has 6 heteroatoms. The third kappa shape index (κ3) is 3.17. The van der Waals surface area contributed by atoms with Crippen LogP contribution >= 0.6 is 23.2 Å². The summed E-state index contributed by atoms with van der Waals surface area (Å²) in [5.41, 5.74) is 1.03. The van der Waals surface area contributed by atoms with E-state index >= 15 is 0 Å². The van der Waals surface area contributed by atoms with E-state index in [0.717, 1.165) is 0 Å². The first-order valence-corrected chi connectivity index (χ1v) is 7.06. The van der Waals surface area contributed by atoms with Crippen molar-refractivity contribution in [1.82, 2.24) is 0 Å². The van der Waals surface area contributed by atoms with Gasteiger partial charge in [0.1, 0.15) is 16.0 Å². The second-order valence-corrected chi connectivity index (χ2v) is 6.08. The summed E-state index contributed by atoms with van der Waals surface area (Å²) in [6, 6.07) is 8.44. The fourth-order valence-corrected chi connectivity index (χ4v) is 2.40. The van der Waals surface area contributed by atoms with Crippen LogP contribution in [-0.2, 0) is 9.63 Å². The van der Waals surface area contributed by atoms with Gasteiger partial charge in [-0.2, -0.15) is 0 Å². The van der Waals surface area contributed by atoms with E-state index < -0.39 is 16.2 Å². The number of Topliss-reactive ketones (excluding diaryl/α,β-unsaturated/α-hetero) is 1. The summed E-state index contributed by atoms with van der Waals surface area (Å²) in [5, 5.41) is 2.87. The van der Waals surface area contributed by atoms with Crippen LogP contribution in [0.25, 0.3) is 0 Å². The van der Waals surface area contributed by atoms with Crippen LogP contribution in [0.1, 0.15) is 24.2 Å². The van der Waals surface area contributed by atoms with E-state index in [1.807, 2.05) is 0 Å². The van der Waals surface area contributed by atoms with E-state index in [-0.39, 0.29) is 11.5 Å². The fourth-order valence-electron chi connectivity index (χ4n) is 1.93. The van der Waals surface area contributed by atoms with Crippen molar-refractivity contribution in [3.63, 3.8) is 0 Å². The van der Waals surface area contributed by atoms with Gasteiger partial charge in [-0.25, -0.2) is 4.79 Å². The second kappa shape index (κ2) is 6.00. The first kappa shape index (κ1) is 15.7. The zero-order valence-electron chi connectivity index (χ0n) is 11.5. The van der Waals surface area contributed by atoms with Crippen molar-refractivity contribution in [2.75, 3.05) is 0 Å². The van der Waals surface area contributed by atoms with Gasteiger partial charge >= 0.3 is 5.97 Å². The predicted molar refractivity (Wildman–Crippen MR) is 82.0 cm³/mol. The molecule has 0 heterocycles. The Morgan fingerprint density at radius 3 is 2.57 bits per heavy atom. The zero-order valence-corrected chi connectivity index (χ0v) is 13.0. The molecule has 1 aromatic rings. The summed E-state index contributed by atoms with van der Waals surface area (Å²) in [4.78, 5) is 27.3. The molecule has 0 radical (unpaired) electrons. The fraction of sp³-hybridized carbons (Fsp3) is 0.267. The number of allylic oxidation sites excluding steroid dienone is 2. The lowest BCUT2D eigenvalue weighted by Gasteiger charge is -2.29. The number of benzene rings is 1. The molecule has 1 aliphatic rings. The molecule has 4 nitrogen and oxygen atoms in total. The van der Waals surface area contributed by atoms with Crippen molar-refractivity contribution < 1.29 is 14.4 Å². The van der Waals surface area contributed by atoms with Gasteiger partial charge in [-0.15, -0.1) is 23.2 Å². The monoisotopic (exact) mass is 325 g/mol. The van der Waals surface area contributed by atoms with Gasteiger partial charge in [0.15, 0.2) is 5.78 Å². The first-order valence-electron chi connectivity index (χ1n) is 6.24. The Labute approximate surface area is 132 Å². The maximum Gasteiger partial charge on any atom is 0.365 e. The van der Waals surface area contributed by atoms with Crippen molar-refractivity contribution in [3.05, 3.63) is 47.5 Å². The Hall–Kier alpha value is -1.65. The second-order valence-electron chi connectivity index (χ2n) is 4.86. The highest BCUT2D eigenvalue weighted by Crippen LogP contribution is 2.33. The molecular formula is C15H13Cl2NO3. The molecule has 0 fully saturated rings. The number of rotatable bonds is 2. The number of hydrogen-bond donors (Lipinski definition) is 0. The van der Waals surface area contributed by atoms with E-state index in [2.05, 4.69) is 5.16 Å². The van der Waals surface area contributed by atoms with Crippen LogP contribution in [0.3, 0.4) is 0 Å². The molecular weight excluding hydrogens is 313 g/mol. The average molecular weight is 326 g/mol. The number of carbonyl (C=O) groups excluding carboxylic acids is 2. The van der Waals surface area contributed by atoms with Crippen LogP contribution in [0.4, 0.5) is 0 Å². The molecule has 2 unspecified atom stereocenters. The van der Waals surface area contributed by atoms with E-state index in [0.29, 0.717) is 11.1 Å². The highest BCUT2D eigenvalue weighted by Gasteiger charge is 2.44. The molecule has 110 valence electrons. The molecule has 0 bridgehead atoms. The van der Waals surface area contributed by atoms with Crippen LogP contribution in [0.5, 0.6) is 0 Å². The summed E-state index contributed by atoms with van der Waals surface area (Å²) in [5.74, 6) is -0.872. The molecule has 1 aliphatic carbocycles. The molecule has 0 saturated carbocycles. The van der Waals surface area contributed by atoms with Crippen LogP contribution in [-0.4, -0.2) is 27.7 Å². The van der Waals surface area contributed by atoms with Crippen LogP contribution in [0.2, 0.25) is 0 Å². The topological polar surface area (TPSA) is 55.7 Å². The van der Waals surface area contributed by atoms with E-state index in [9.17, 15) is 9.59 Å². The Balaban J connectivity index is 2.22. The number of alkyl halides is 2. The molecule has 2 rings (SSSR count). The van der Waals surface area contributed by atoms with Crippen molar-refractivity contribution in [3.8, 4) is 0 Å². The van der Waals surface area contributed by atoms with Gasteiger partial charge in [0.05, 0.1) is 5.56 Å². The van der Waals surface area contributed by atoms with E-state index in [1.165, 1.54) is 13.0 Å². The summed E-state index contributed by atoms with van der Waals surface area (Å²) in [6.45, 7) is 3.12. The lowest BCUT2D eigenvalue weighted by Crippen LogP contribution is -2.46. The molecule has 1 aromatic carbocycles. The number of carbonyl (C=O) groups is 2. The Morgan fingerprint density at radius 2 is 1.95 bits per heavy atom. The summed E-state index contributed by atoms with van der Waals surface area (Å²) in [7, 11) is 0. The third-order valence-electron chi connectivity index (χ3n) is 3.15. The Bertz CT molecular complexity index is 636. The normalized spacial score (nSPS) is 27.4. The highest BCUT2D eigenvalue weighted by molar-refractivity contribution is 6.50. The molecule has 2 atom stereocenters. The largest absolute Gasteiger partial charge is 0.365 e. The van der Waals surface area contributed by atoms with E-state index in [1.54, 1.807) is 37.3 Å². The third-order valence-corrected chi connectivity index (χ3v) is 4.31. The van der Waals surface area contributed by atoms with Crippen LogP contribution in [0.15, 0.2) is 47.1 Å². The predicted octanol–water partition coefficient (Wildman–Crippen LogP) is 3.33. The zero-order chi connectivity index (χ0) is 15.6. The van der Waals surface area contributed by atoms with Crippen molar-refractivity contribution >= 4 is 40.7 Å². The smallest absolute Gasteiger partial charge is 0.312 e. The molecule has 0 spiro atoms. The van der Waals surface area contributed by atoms with Crippen LogP contribution < -0.4 is 0 Å². The van der Waals surface area contributed by atoms with Crippen molar-refractivity contribution in [2.45, 2.75) is 24.1 Å². The lowest BCUT2D eigenvalue weighted by molar-refractivity contribution is -0.117. The summed E-state index contributed by atoms with van der Waals surface area (Å²) in [6.07, 6.45) is 1.47. The van der Waals surface area contributed by atoms with Gasteiger partial charge in [-0.1, -0.05) is 23.4 Å². The minimum atomic E-state index is -1.31. The summed E-state index contributed by atoms with van der Waals surface area (Å²) >= 11 is 12.3. The number of halogens is 2. The van der Waals surface area contributed by atoms with Gasteiger partial charge in [-0.05, 0) is 37.6 Å². The average Bonchev–Trinajstić information content (AvgIpc) is 2.48. The molecule has 0 saturated heterocycles. The number of oxime groups is 1. The van der Waals surface area contributed by atoms with Gasteiger partial charge < -0.3 is 4.84 Å². The lowest BCUT2D eigenvalue weighted by atomic mass is 9.87. The number of hydrogen-bond acceptors (Lipinski definition) is 4. The quantitative estimate of drug-likeness (QED) is 0.476. The van der Waals surface area contributed by atoms with E-state index in [4.69, 9.17) is 28.0 Å². The summed E-state index contributed by atoms with van der Waals surface area (Å²) < 4.78 is 0. The standard InChI is InChI=1S/C15H13Cl2NO3/c1-9-8-11(12(16)15(2,17)13(9)19)18-21-14(20)10-6-4-3-5-7-10/h3-8,12H,1-2H3/b18-11+. The molecule has 0 aliphatic heterocycles. The Kier molecular flexibility index (Phi) is 4.49. The number of nitrogens with zero attached hydrogens (tertiary/aromatic N) is 1. The molecule has 0 amide bonds. The minimum absolute atomic E-state index is 0.246. The number of ketones is 1. The van der Waals surface area contributed by atoms with Gasteiger partial charge in [0, 0.05) is 0 Å².